The Morgan fingerprint density at radius 1 is 0.976 bits per heavy atom. The van der Waals surface area contributed by atoms with Gasteiger partial charge < -0.3 is 9.47 Å². The summed E-state index contributed by atoms with van der Waals surface area (Å²) in [4.78, 5) is 18.0. The Morgan fingerprint density at radius 2 is 1.74 bits per heavy atom. The summed E-state index contributed by atoms with van der Waals surface area (Å²) in [5.74, 6) is 0.393. The van der Waals surface area contributed by atoms with Crippen LogP contribution in [-0.4, -0.2) is 22.5 Å². The molecule has 42 heavy (non-hydrogen) atoms. The summed E-state index contributed by atoms with van der Waals surface area (Å²) in [5.41, 5.74) is 0.235. The number of ether oxygens (including phenoxy) is 2. The van der Waals surface area contributed by atoms with Crippen molar-refractivity contribution in [2.45, 2.75) is 19.7 Å². The summed E-state index contributed by atoms with van der Waals surface area (Å²) in [6.07, 6.45) is -3.20. The Hall–Kier alpha value is -4.51. The lowest BCUT2D eigenvalue weighted by Crippen LogP contribution is -2.20. The van der Waals surface area contributed by atoms with Gasteiger partial charge in [-0.05, 0) is 82.5 Å². The maximum atomic E-state index is 13.5. The average molecular weight is 640 g/mol. The number of para-hydroxylation sites is 1. The third-order valence-electron chi connectivity index (χ3n) is 6.15. The smallest absolute Gasteiger partial charge is 0.416 e. The van der Waals surface area contributed by atoms with Gasteiger partial charge in [-0.15, -0.1) is 0 Å². The quantitative estimate of drug-likeness (QED) is 0.128. The summed E-state index contributed by atoms with van der Waals surface area (Å²) in [6.45, 7) is 2.29. The lowest BCUT2D eigenvalue weighted by Gasteiger charge is -2.15. The standard InChI is InChI=1S/C31H22BrF4N3O3/c1-2-41-27-15-20(14-25(32)28(27)42-18-19-10-12-23(33)13-11-19)17-37-39-29(21-6-5-7-22(16-21)31(34,35)36)38-26-9-4-3-8-24(26)30(39)40/h3-17H,2,18H2,1H3. The van der Waals surface area contributed by atoms with E-state index >= 15 is 0 Å². The molecule has 0 unspecified atom stereocenters. The molecule has 0 atom stereocenters. The van der Waals surface area contributed by atoms with Gasteiger partial charge in [0.25, 0.3) is 5.56 Å². The Labute approximate surface area is 246 Å². The molecule has 4 aromatic carbocycles. The lowest BCUT2D eigenvalue weighted by molar-refractivity contribution is -0.137. The molecule has 11 heteroatoms. The van der Waals surface area contributed by atoms with Crippen LogP contribution in [0.15, 0.2) is 99.3 Å². The molecule has 0 spiro atoms. The molecule has 0 N–H and O–H groups in total. The zero-order valence-electron chi connectivity index (χ0n) is 22.0. The summed E-state index contributed by atoms with van der Waals surface area (Å²) >= 11 is 3.49. The minimum Gasteiger partial charge on any atom is -0.490 e. The van der Waals surface area contributed by atoms with Crippen molar-refractivity contribution in [1.82, 2.24) is 9.66 Å². The molecular weight excluding hydrogens is 618 g/mol. The van der Waals surface area contributed by atoms with Gasteiger partial charge in [-0.1, -0.05) is 36.4 Å². The van der Waals surface area contributed by atoms with Crippen LogP contribution in [0.25, 0.3) is 22.3 Å². The first kappa shape index (κ1) is 29.0. The number of rotatable bonds is 8. The van der Waals surface area contributed by atoms with Gasteiger partial charge in [-0.3, -0.25) is 4.79 Å². The van der Waals surface area contributed by atoms with Crippen molar-refractivity contribution in [3.63, 3.8) is 0 Å². The van der Waals surface area contributed by atoms with Gasteiger partial charge in [0.05, 0.1) is 33.8 Å². The van der Waals surface area contributed by atoms with Crippen molar-refractivity contribution < 1.29 is 27.0 Å². The molecule has 1 heterocycles. The fourth-order valence-electron chi connectivity index (χ4n) is 4.18. The van der Waals surface area contributed by atoms with Crippen molar-refractivity contribution in [3.8, 4) is 22.9 Å². The van der Waals surface area contributed by atoms with Crippen LogP contribution in [0.5, 0.6) is 11.5 Å². The minimum absolute atomic E-state index is 0.0515. The Bertz CT molecular complexity index is 1840. The molecule has 0 saturated carbocycles. The number of halogens is 5. The number of nitrogens with zero attached hydrogens (tertiary/aromatic N) is 3. The highest BCUT2D eigenvalue weighted by Gasteiger charge is 2.31. The summed E-state index contributed by atoms with van der Waals surface area (Å²) in [7, 11) is 0. The number of benzene rings is 4. The maximum absolute atomic E-state index is 13.5. The normalized spacial score (nSPS) is 11.8. The van der Waals surface area contributed by atoms with Crippen LogP contribution in [0.3, 0.4) is 0 Å². The van der Waals surface area contributed by atoms with Crippen molar-refractivity contribution in [2.75, 3.05) is 6.61 Å². The van der Waals surface area contributed by atoms with Crippen LogP contribution in [0.1, 0.15) is 23.6 Å². The van der Waals surface area contributed by atoms with E-state index in [9.17, 15) is 22.4 Å². The van der Waals surface area contributed by atoms with Gasteiger partial charge in [0.15, 0.2) is 17.3 Å². The number of hydrogen-bond acceptors (Lipinski definition) is 5. The van der Waals surface area contributed by atoms with E-state index in [4.69, 9.17) is 9.47 Å². The van der Waals surface area contributed by atoms with Crippen molar-refractivity contribution >= 4 is 33.0 Å². The van der Waals surface area contributed by atoms with E-state index in [1.807, 2.05) is 0 Å². The van der Waals surface area contributed by atoms with E-state index in [1.54, 1.807) is 55.5 Å². The first-order valence-corrected chi connectivity index (χ1v) is 13.5. The zero-order valence-corrected chi connectivity index (χ0v) is 23.6. The fraction of sp³-hybridized carbons (Fsp3) is 0.129. The second-order valence-electron chi connectivity index (χ2n) is 9.07. The third kappa shape index (κ3) is 6.36. The topological polar surface area (TPSA) is 65.7 Å². The maximum Gasteiger partial charge on any atom is 0.416 e. The molecule has 0 aliphatic heterocycles. The van der Waals surface area contributed by atoms with Crippen LogP contribution in [0, 0.1) is 5.82 Å². The molecule has 0 aliphatic carbocycles. The molecule has 6 nitrogen and oxygen atoms in total. The average Bonchev–Trinajstić information content (AvgIpc) is 2.97. The second-order valence-corrected chi connectivity index (χ2v) is 9.93. The van der Waals surface area contributed by atoms with Crippen LogP contribution >= 0.6 is 15.9 Å². The predicted molar refractivity (Wildman–Crippen MR) is 155 cm³/mol. The number of hydrogen-bond donors (Lipinski definition) is 0. The zero-order chi connectivity index (χ0) is 29.9. The molecule has 0 fully saturated rings. The van der Waals surface area contributed by atoms with Crippen LogP contribution in [0.2, 0.25) is 0 Å². The second kappa shape index (κ2) is 12.2. The predicted octanol–water partition coefficient (Wildman–Crippen LogP) is 7.84. The number of fused-ring (bicyclic) bond motifs is 1. The van der Waals surface area contributed by atoms with Crippen molar-refractivity contribution in [3.05, 3.63) is 122 Å². The third-order valence-corrected chi connectivity index (χ3v) is 6.74. The van der Waals surface area contributed by atoms with Gasteiger partial charge in [-0.25, -0.2) is 9.37 Å². The Morgan fingerprint density at radius 3 is 2.48 bits per heavy atom. The molecule has 0 amide bonds. The van der Waals surface area contributed by atoms with Gasteiger partial charge >= 0.3 is 6.18 Å². The van der Waals surface area contributed by atoms with Gasteiger partial charge in [0.1, 0.15) is 12.4 Å². The highest BCUT2D eigenvalue weighted by Crippen LogP contribution is 2.37. The van der Waals surface area contributed by atoms with Crippen LogP contribution < -0.4 is 15.0 Å². The van der Waals surface area contributed by atoms with Gasteiger partial charge in [0.2, 0.25) is 0 Å². The molecule has 5 aromatic rings. The van der Waals surface area contributed by atoms with E-state index in [-0.39, 0.29) is 29.2 Å². The summed E-state index contributed by atoms with van der Waals surface area (Å²) in [5, 5.41) is 4.61. The summed E-state index contributed by atoms with van der Waals surface area (Å²) in [6, 6.07) is 20.4. The number of aromatic nitrogens is 2. The first-order valence-electron chi connectivity index (χ1n) is 12.7. The molecule has 214 valence electrons. The minimum atomic E-state index is -4.58. The lowest BCUT2D eigenvalue weighted by atomic mass is 10.1. The molecule has 1 aromatic heterocycles. The van der Waals surface area contributed by atoms with Gasteiger partial charge in [0, 0.05) is 5.56 Å². The van der Waals surface area contributed by atoms with E-state index in [0.29, 0.717) is 33.7 Å². The van der Waals surface area contributed by atoms with Crippen LogP contribution in [0.4, 0.5) is 17.6 Å². The molecule has 5 rings (SSSR count). The fourth-order valence-corrected chi connectivity index (χ4v) is 4.75. The highest BCUT2D eigenvalue weighted by atomic mass is 79.9. The Kier molecular flexibility index (Phi) is 8.39. The molecule has 0 radical (unpaired) electrons. The van der Waals surface area contributed by atoms with E-state index in [0.717, 1.165) is 22.4 Å². The Balaban J connectivity index is 1.55. The SMILES string of the molecule is CCOc1cc(C=Nn2c(-c3cccc(C(F)(F)F)c3)nc3ccccc3c2=O)cc(Br)c1OCc1ccc(F)cc1. The van der Waals surface area contributed by atoms with Crippen LogP contribution in [-0.2, 0) is 12.8 Å². The largest absolute Gasteiger partial charge is 0.490 e. The highest BCUT2D eigenvalue weighted by molar-refractivity contribution is 9.10. The van der Waals surface area contributed by atoms with Crippen molar-refractivity contribution in [1.29, 1.82) is 0 Å². The van der Waals surface area contributed by atoms with Crippen molar-refractivity contribution in [2.24, 2.45) is 5.10 Å². The van der Waals surface area contributed by atoms with E-state index in [2.05, 4.69) is 26.0 Å². The molecule has 0 saturated heterocycles. The molecular formula is C31H22BrF4N3O3. The first-order chi connectivity index (χ1) is 20.1. The monoisotopic (exact) mass is 639 g/mol. The number of alkyl halides is 3. The molecule has 0 bridgehead atoms. The van der Waals surface area contributed by atoms with E-state index in [1.165, 1.54) is 30.5 Å². The molecule has 0 aliphatic rings. The van der Waals surface area contributed by atoms with E-state index < -0.39 is 17.3 Å². The summed E-state index contributed by atoms with van der Waals surface area (Å²) < 4.78 is 66.9. The van der Waals surface area contributed by atoms with Gasteiger partial charge in [-0.2, -0.15) is 22.9 Å².